The number of hydrogen-bond donors (Lipinski definition) is 2. The van der Waals surface area contributed by atoms with Crippen LogP contribution < -0.4 is 5.32 Å². The van der Waals surface area contributed by atoms with E-state index in [0.29, 0.717) is 17.7 Å². The van der Waals surface area contributed by atoms with E-state index in [1.807, 2.05) is 20.1 Å². The number of nitrogens with one attached hydrogen (secondary N) is 1. The van der Waals surface area contributed by atoms with Crippen LogP contribution in [0.1, 0.15) is 33.9 Å². The topological polar surface area (TPSA) is 62.5 Å². The minimum Gasteiger partial charge on any atom is -0.466 e. The van der Waals surface area contributed by atoms with Gasteiger partial charge in [0.1, 0.15) is 11.5 Å². The summed E-state index contributed by atoms with van der Waals surface area (Å²) in [6, 6.07) is -0.00786. The molecule has 2 N–H and O–H groups in total. The summed E-state index contributed by atoms with van der Waals surface area (Å²) in [6.45, 7) is 5.61. The van der Waals surface area contributed by atoms with Gasteiger partial charge in [0, 0.05) is 24.0 Å². The predicted octanol–water partition coefficient (Wildman–Crippen LogP) is 2.05. The highest BCUT2D eigenvalue weighted by Crippen LogP contribution is 2.20. The first-order valence-electron chi connectivity index (χ1n) is 5.98. The maximum atomic E-state index is 12.2. The van der Waals surface area contributed by atoms with Crippen molar-refractivity contribution in [3.05, 3.63) is 22.6 Å². The summed E-state index contributed by atoms with van der Waals surface area (Å²) < 4.78 is 5.45. The molecule has 1 rings (SSSR count). The highest BCUT2D eigenvalue weighted by atomic mass is 32.2. The van der Waals surface area contributed by atoms with Gasteiger partial charge < -0.3 is 14.8 Å². The molecule has 102 valence electrons. The molecule has 0 spiro atoms. The third-order valence-corrected chi connectivity index (χ3v) is 3.70. The van der Waals surface area contributed by atoms with Gasteiger partial charge in [-0.2, -0.15) is 11.8 Å². The standard InChI is InChI=1S/C13H21NO3S/c1-8-9(2)17-10(3)12(8)13(16)14-11(5-6-15)7-18-4/h11,15H,5-7H2,1-4H3,(H,14,16). The van der Waals surface area contributed by atoms with E-state index in [4.69, 9.17) is 9.52 Å². The molecule has 5 heteroatoms. The molecule has 1 atom stereocenters. The predicted molar refractivity (Wildman–Crippen MR) is 74.3 cm³/mol. The zero-order chi connectivity index (χ0) is 13.7. The van der Waals surface area contributed by atoms with E-state index in [2.05, 4.69) is 5.32 Å². The maximum Gasteiger partial charge on any atom is 0.255 e. The smallest absolute Gasteiger partial charge is 0.255 e. The number of carbonyl (C=O) groups excluding carboxylic acids is 1. The Morgan fingerprint density at radius 2 is 2.06 bits per heavy atom. The Morgan fingerprint density at radius 3 is 2.50 bits per heavy atom. The minimum absolute atomic E-state index is 0.00786. The van der Waals surface area contributed by atoms with Crippen LogP contribution in [0.25, 0.3) is 0 Å². The van der Waals surface area contributed by atoms with Gasteiger partial charge in [0.2, 0.25) is 0 Å². The van der Waals surface area contributed by atoms with Gasteiger partial charge in [-0.25, -0.2) is 0 Å². The molecular weight excluding hydrogens is 250 g/mol. The van der Waals surface area contributed by atoms with Crippen LogP contribution in [0.15, 0.2) is 4.42 Å². The fourth-order valence-electron chi connectivity index (χ4n) is 1.94. The zero-order valence-electron chi connectivity index (χ0n) is 11.4. The molecule has 1 heterocycles. The van der Waals surface area contributed by atoms with E-state index in [-0.39, 0.29) is 18.6 Å². The first-order chi connectivity index (χ1) is 8.51. The Hall–Kier alpha value is -0.940. The first-order valence-corrected chi connectivity index (χ1v) is 7.37. The molecule has 0 aromatic carbocycles. The Bertz CT molecular complexity index is 409. The largest absolute Gasteiger partial charge is 0.466 e. The lowest BCUT2D eigenvalue weighted by molar-refractivity contribution is 0.0933. The maximum absolute atomic E-state index is 12.2. The minimum atomic E-state index is -0.116. The highest BCUT2D eigenvalue weighted by Gasteiger charge is 2.20. The summed E-state index contributed by atoms with van der Waals surface area (Å²) in [7, 11) is 0. The lowest BCUT2D eigenvalue weighted by atomic mass is 10.1. The molecular formula is C13H21NO3S. The molecule has 0 aliphatic heterocycles. The van der Waals surface area contributed by atoms with Gasteiger partial charge in [-0.1, -0.05) is 0 Å². The van der Waals surface area contributed by atoms with Crippen LogP contribution >= 0.6 is 11.8 Å². The molecule has 0 saturated heterocycles. The quantitative estimate of drug-likeness (QED) is 0.831. The van der Waals surface area contributed by atoms with Crippen LogP contribution in [0, 0.1) is 20.8 Å². The van der Waals surface area contributed by atoms with Crippen LogP contribution in [0.2, 0.25) is 0 Å². The summed E-state index contributed by atoms with van der Waals surface area (Å²) in [5.74, 6) is 2.10. The van der Waals surface area contributed by atoms with Crippen molar-refractivity contribution in [1.29, 1.82) is 0 Å². The average molecular weight is 271 g/mol. The van der Waals surface area contributed by atoms with Crippen molar-refractivity contribution in [2.45, 2.75) is 33.2 Å². The number of rotatable bonds is 6. The molecule has 1 unspecified atom stereocenters. The number of aryl methyl sites for hydroxylation is 2. The normalized spacial score (nSPS) is 12.5. The van der Waals surface area contributed by atoms with Crippen molar-refractivity contribution in [3.8, 4) is 0 Å². The van der Waals surface area contributed by atoms with Gasteiger partial charge in [-0.15, -0.1) is 0 Å². The molecule has 4 nitrogen and oxygen atoms in total. The van der Waals surface area contributed by atoms with Crippen molar-refractivity contribution in [2.75, 3.05) is 18.6 Å². The summed E-state index contributed by atoms with van der Waals surface area (Å²) in [6.07, 6.45) is 2.55. The second-order valence-corrected chi connectivity index (χ2v) is 5.26. The number of aliphatic hydroxyl groups excluding tert-OH is 1. The second-order valence-electron chi connectivity index (χ2n) is 4.35. The van der Waals surface area contributed by atoms with Crippen molar-refractivity contribution in [3.63, 3.8) is 0 Å². The Balaban J connectivity index is 2.80. The zero-order valence-corrected chi connectivity index (χ0v) is 12.2. The van der Waals surface area contributed by atoms with Crippen LogP contribution in [0.4, 0.5) is 0 Å². The van der Waals surface area contributed by atoms with E-state index in [9.17, 15) is 4.79 Å². The van der Waals surface area contributed by atoms with Gasteiger partial charge in [0.25, 0.3) is 5.91 Å². The van der Waals surface area contributed by atoms with Gasteiger partial charge in [-0.3, -0.25) is 4.79 Å². The van der Waals surface area contributed by atoms with Crippen LogP contribution in [-0.2, 0) is 0 Å². The molecule has 0 bridgehead atoms. The molecule has 0 fully saturated rings. The molecule has 0 saturated carbocycles. The molecule has 18 heavy (non-hydrogen) atoms. The van der Waals surface area contributed by atoms with Crippen molar-refractivity contribution in [2.24, 2.45) is 0 Å². The number of thioether (sulfide) groups is 1. The van der Waals surface area contributed by atoms with Crippen molar-refractivity contribution >= 4 is 17.7 Å². The van der Waals surface area contributed by atoms with Gasteiger partial charge in [-0.05, 0) is 33.4 Å². The second kappa shape index (κ2) is 6.85. The first kappa shape index (κ1) is 15.1. The molecule has 0 aliphatic rings. The third kappa shape index (κ3) is 3.53. The molecule has 1 amide bonds. The molecule has 1 aromatic rings. The van der Waals surface area contributed by atoms with E-state index in [1.165, 1.54) is 0 Å². The highest BCUT2D eigenvalue weighted by molar-refractivity contribution is 7.98. The molecule has 0 radical (unpaired) electrons. The molecule has 1 aromatic heterocycles. The monoisotopic (exact) mass is 271 g/mol. The fraction of sp³-hybridized carbons (Fsp3) is 0.615. The number of amides is 1. The Labute approximate surface area is 112 Å². The van der Waals surface area contributed by atoms with E-state index in [0.717, 1.165) is 17.1 Å². The van der Waals surface area contributed by atoms with Gasteiger partial charge in [0.15, 0.2) is 0 Å². The lowest BCUT2D eigenvalue weighted by Gasteiger charge is -2.16. The van der Waals surface area contributed by atoms with Crippen LogP contribution in [-0.4, -0.2) is 35.7 Å². The van der Waals surface area contributed by atoms with Crippen LogP contribution in [0.3, 0.4) is 0 Å². The third-order valence-electron chi connectivity index (χ3n) is 2.97. The molecule has 0 aliphatic carbocycles. The number of carbonyl (C=O) groups is 1. The van der Waals surface area contributed by atoms with E-state index in [1.54, 1.807) is 18.7 Å². The van der Waals surface area contributed by atoms with E-state index < -0.39 is 0 Å². The summed E-state index contributed by atoms with van der Waals surface area (Å²) in [5, 5.41) is 11.9. The van der Waals surface area contributed by atoms with Crippen molar-refractivity contribution in [1.82, 2.24) is 5.32 Å². The Morgan fingerprint density at radius 1 is 1.39 bits per heavy atom. The van der Waals surface area contributed by atoms with Gasteiger partial charge in [0.05, 0.1) is 5.56 Å². The fourth-order valence-corrected chi connectivity index (χ4v) is 2.59. The number of aliphatic hydroxyl groups is 1. The lowest BCUT2D eigenvalue weighted by Crippen LogP contribution is -2.37. The summed E-state index contributed by atoms with van der Waals surface area (Å²) in [4.78, 5) is 12.2. The van der Waals surface area contributed by atoms with E-state index >= 15 is 0 Å². The van der Waals surface area contributed by atoms with Gasteiger partial charge >= 0.3 is 0 Å². The van der Waals surface area contributed by atoms with Crippen molar-refractivity contribution < 1.29 is 14.3 Å². The van der Waals surface area contributed by atoms with Crippen LogP contribution in [0.5, 0.6) is 0 Å². The number of furan rings is 1. The Kier molecular flexibility index (Phi) is 5.75. The SMILES string of the molecule is CSCC(CCO)NC(=O)c1c(C)oc(C)c1C. The summed E-state index contributed by atoms with van der Waals surface area (Å²) >= 11 is 1.65. The number of hydrogen-bond acceptors (Lipinski definition) is 4. The summed E-state index contributed by atoms with van der Waals surface area (Å²) in [5.41, 5.74) is 1.51. The average Bonchev–Trinajstić information content (AvgIpc) is 2.53.